The maximum atomic E-state index is 13.7. The van der Waals surface area contributed by atoms with Crippen molar-refractivity contribution in [2.75, 3.05) is 26.2 Å². The molecule has 0 aliphatic rings. The van der Waals surface area contributed by atoms with Crippen molar-refractivity contribution in [2.45, 2.75) is 40.5 Å². The van der Waals surface area contributed by atoms with Gasteiger partial charge in [-0.1, -0.05) is 31.1 Å². The molecular weight excluding hydrogens is 349 g/mol. The number of halogens is 1. The van der Waals surface area contributed by atoms with Crippen molar-refractivity contribution in [3.8, 4) is 11.4 Å². The van der Waals surface area contributed by atoms with Gasteiger partial charge in [0, 0.05) is 18.5 Å². The topological polar surface area (TPSA) is 68.5 Å². The number of carbonyl (C=O) groups is 1. The lowest BCUT2D eigenvalue weighted by Crippen LogP contribution is -2.35. The number of rotatable bonds is 10. The molecule has 2 rings (SSSR count). The maximum absolute atomic E-state index is 13.7. The van der Waals surface area contributed by atoms with Crippen LogP contribution in [0, 0.1) is 18.7 Å². The van der Waals surface area contributed by atoms with E-state index in [-0.39, 0.29) is 18.3 Å². The average molecular weight is 377 g/mol. The SMILES string of the molecule is CCOC(=O)CN(CCCc1nc(-c2ccc(C)c(F)c2)no1)CC(C)C. The van der Waals surface area contributed by atoms with Crippen LogP contribution in [0.1, 0.15) is 38.6 Å². The van der Waals surface area contributed by atoms with E-state index in [1.165, 1.54) is 6.07 Å². The number of aryl methyl sites for hydroxylation is 2. The van der Waals surface area contributed by atoms with Gasteiger partial charge in [0.25, 0.3) is 0 Å². The molecule has 0 saturated heterocycles. The van der Waals surface area contributed by atoms with Gasteiger partial charge >= 0.3 is 5.97 Å². The number of nitrogens with zero attached hydrogens (tertiary/aromatic N) is 3. The summed E-state index contributed by atoms with van der Waals surface area (Å²) in [5.74, 6) is 0.841. The highest BCUT2D eigenvalue weighted by atomic mass is 19.1. The normalized spacial score (nSPS) is 11.4. The first kappa shape index (κ1) is 21.0. The number of hydrogen-bond acceptors (Lipinski definition) is 6. The molecule has 1 aromatic carbocycles. The maximum Gasteiger partial charge on any atom is 0.320 e. The molecule has 1 heterocycles. The van der Waals surface area contributed by atoms with Crippen molar-refractivity contribution in [3.63, 3.8) is 0 Å². The van der Waals surface area contributed by atoms with E-state index in [1.54, 1.807) is 26.0 Å². The molecule has 0 spiro atoms. The summed E-state index contributed by atoms with van der Waals surface area (Å²) in [7, 11) is 0. The summed E-state index contributed by atoms with van der Waals surface area (Å²) >= 11 is 0. The quantitative estimate of drug-likeness (QED) is 0.589. The van der Waals surface area contributed by atoms with Gasteiger partial charge in [0.15, 0.2) is 0 Å². The van der Waals surface area contributed by atoms with Crippen LogP contribution in [-0.4, -0.2) is 47.3 Å². The molecule has 0 fully saturated rings. The molecule has 27 heavy (non-hydrogen) atoms. The van der Waals surface area contributed by atoms with Crippen LogP contribution in [0.5, 0.6) is 0 Å². The second-order valence-electron chi connectivity index (χ2n) is 7.01. The zero-order valence-corrected chi connectivity index (χ0v) is 16.5. The average Bonchev–Trinajstić information content (AvgIpc) is 3.06. The van der Waals surface area contributed by atoms with E-state index in [4.69, 9.17) is 9.26 Å². The second-order valence-corrected chi connectivity index (χ2v) is 7.01. The Morgan fingerprint density at radius 1 is 1.37 bits per heavy atom. The first-order chi connectivity index (χ1) is 12.9. The van der Waals surface area contributed by atoms with Gasteiger partial charge in [0.1, 0.15) is 5.82 Å². The van der Waals surface area contributed by atoms with Crippen molar-refractivity contribution in [2.24, 2.45) is 5.92 Å². The molecule has 1 aromatic heterocycles. The van der Waals surface area contributed by atoms with Gasteiger partial charge in [-0.05, 0) is 44.4 Å². The lowest BCUT2D eigenvalue weighted by Gasteiger charge is -2.22. The number of hydrogen-bond donors (Lipinski definition) is 0. The van der Waals surface area contributed by atoms with Crippen molar-refractivity contribution in [1.82, 2.24) is 15.0 Å². The molecule has 0 aliphatic heterocycles. The van der Waals surface area contributed by atoms with Gasteiger partial charge in [0.05, 0.1) is 13.2 Å². The molecule has 6 nitrogen and oxygen atoms in total. The molecule has 0 bridgehead atoms. The molecule has 0 amide bonds. The summed E-state index contributed by atoms with van der Waals surface area (Å²) in [5.41, 5.74) is 1.17. The second kappa shape index (κ2) is 10.2. The predicted molar refractivity (Wildman–Crippen MR) is 101 cm³/mol. The number of benzene rings is 1. The van der Waals surface area contributed by atoms with Crippen LogP contribution in [0.15, 0.2) is 22.7 Å². The van der Waals surface area contributed by atoms with Gasteiger partial charge in [-0.25, -0.2) is 4.39 Å². The highest BCUT2D eigenvalue weighted by Crippen LogP contribution is 2.19. The summed E-state index contributed by atoms with van der Waals surface area (Å²) in [6, 6.07) is 4.88. The summed E-state index contributed by atoms with van der Waals surface area (Å²) in [4.78, 5) is 18.2. The first-order valence-electron chi connectivity index (χ1n) is 9.36. The third kappa shape index (κ3) is 6.75. The van der Waals surface area contributed by atoms with Crippen molar-refractivity contribution >= 4 is 5.97 Å². The van der Waals surface area contributed by atoms with Crippen LogP contribution in [0.4, 0.5) is 4.39 Å². The van der Waals surface area contributed by atoms with Crippen LogP contribution >= 0.6 is 0 Å². The first-order valence-corrected chi connectivity index (χ1v) is 9.36. The number of ether oxygens (including phenoxy) is 1. The van der Waals surface area contributed by atoms with E-state index in [0.29, 0.717) is 41.8 Å². The van der Waals surface area contributed by atoms with Crippen LogP contribution < -0.4 is 0 Å². The molecular formula is C20H28FN3O3. The molecule has 0 aliphatic carbocycles. The van der Waals surface area contributed by atoms with Gasteiger partial charge in [-0.3, -0.25) is 9.69 Å². The van der Waals surface area contributed by atoms with Gasteiger partial charge in [0.2, 0.25) is 11.7 Å². The fraction of sp³-hybridized carbons (Fsp3) is 0.550. The van der Waals surface area contributed by atoms with Crippen molar-refractivity contribution in [1.29, 1.82) is 0 Å². The Morgan fingerprint density at radius 2 is 2.15 bits per heavy atom. The zero-order chi connectivity index (χ0) is 19.8. The Hall–Kier alpha value is -2.28. The van der Waals surface area contributed by atoms with Gasteiger partial charge in [-0.2, -0.15) is 4.98 Å². The molecule has 2 aromatic rings. The number of esters is 1. The van der Waals surface area contributed by atoms with E-state index in [1.807, 2.05) is 0 Å². The molecule has 148 valence electrons. The van der Waals surface area contributed by atoms with Crippen LogP contribution in [0.2, 0.25) is 0 Å². The third-order valence-electron chi connectivity index (χ3n) is 4.04. The summed E-state index contributed by atoms with van der Waals surface area (Å²) in [6.45, 7) is 9.96. The van der Waals surface area contributed by atoms with E-state index in [0.717, 1.165) is 19.5 Å². The standard InChI is InChI=1S/C20H28FN3O3/c1-5-26-19(25)13-24(12-14(2)3)10-6-7-18-22-20(23-27-18)16-9-8-15(4)17(21)11-16/h8-9,11,14H,5-7,10,12-13H2,1-4H3. The summed E-state index contributed by atoms with van der Waals surface area (Å²) < 4.78 is 24.0. The molecule has 0 atom stereocenters. The fourth-order valence-electron chi connectivity index (χ4n) is 2.80. The Labute approximate surface area is 159 Å². The van der Waals surface area contributed by atoms with Crippen LogP contribution in [-0.2, 0) is 16.0 Å². The van der Waals surface area contributed by atoms with Crippen molar-refractivity contribution < 1.29 is 18.4 Å². The van der Waals surface area contributed by atoms with Crippen LogP contribution in [0.25, 0.3) is 11.4 Å². The Kier molecular flexibility index (Phi) is 7.91. The minimum atomic E-state index is -0.290. The van der Waals surface area contributed by atoms with E-state index >= 15 is 0 Å². The Bertz CT molecular complexity index is 746. The lowest BCUT2D eigenvalue weighted by atomic mass is 10.1. The van der Waals surface area contributed by atoms with E-state index < -0.39 is 0 Å². The van der Waals surface area contributed by atoms with Gasteiger partial charge in [-0.15, -0.1) is 0 Å². The fourth-order valence-corrected chi connectivity index (χ4v) is 2.80. The van der Waals surface area contributed by atoms with Crippen molar-refractivity contribution in [3.05, 3.63) is 35.5 Å². The smallest absolute Gasteiger partial charge is 0.320 e. The minimum absolute atomic E-state index is 0.209. The molecule has 7 heteroatoms. The highest BCUT2D eigenvalue weighted by molar-refractivity contribution is 5.71. The summed E-state index contributed by atoms with van der Waals surface area (Å²) in [6.07, 6.45) is 1.37. The molecule has 0 saturated carbocycles. The Balaban J connectivity index is 1.90. The molecule has 0 unspecified atom stereocenters. The summed E-state index contributed by atoms with van der Waals surface area (Å²) in [5, 5.41) is 3.94. The number of aromatic nitrogens is 2. The molecule has 0 radical (unpaired) electrons. The monoisotopic (exact) mass is 377 g/mol. The third-order valence-corrected chi connectivity index (χ3v) is 4.04. The minimum Gasteiger partial charge on any atom is -0.465 e. The van der Waals surface area contributed by atoms with E-state index in [9.17, 15) is 9.18 Å². The largest absolute Gasteiger partial charge is 0.465 e. The zero-order valence-electron chi connectivity index (χ0n) is 16.5. The highest BCUT2D eigenvalue weighted by Gasteiger charge is 2.15. The molecule has 0 N–H and O–H groups in total. The predicted octanol–water partition coefficient (Wildman–Crippen LogP) is 3.64. The number of carbonyl (C=O) groups excluding carboxylic acids is 1. The van der Waals surface area contributed by atoms with Crippen LogP contribution in [0.3, 0.4) is 0 Å². The van der Waals surface area contributed by atoms with Gasteiger partial charge < -0.3 is 9.26 Å². The van der Waals surface area contributed by atoms with E-state index in [2.05, 4.69) is 28.9 Å². The lowest BCUT2D eigenvalue weighted by molar-refractivity contribution is -0.144. The Morgan fingerprint density at radius 3 is 2.81 bits per heavy atom.